The highest BCUT2D eigenvalue weighted by molar-refractivity contribution is 5.45. The zero-order valence-corrected chi connectivity index (χ0v) is 10.9. The number of pyridine rings is 1. The van der Waals surface area contributed by atoms with Crippen LogP contribution in [-0.4, -0.2) is 14.5 Å². The van der Waals surface area contributed by atoms with Gasteiger partial charge in [0.1, 0.15) is 5.65 Å². The van der Waals surface area contributed by atoms with E-state index in [4.69, 9.17) is 0 Å². The van der Waals surface area contributed by atoms with Crippen LogP contribution < -0.4 is 0 Å². The van der Waals surface area contributed by atoms with E-state index in [9.17, 15) is 5.11 Å². The van der Waals surface area contributed by atoms with E-state index in [0.717, 1.165) is 17.0 Å². The predicted octanol–water partition coefficient (Wildman–Crippen LogP) is 3.08. The molecule has 0 spiro atoms. The number of aliphatic hydroxyl groups excluding tert-OH is 1. The van der Waals surface area contributed by atoms with Crippen LogP contribution in [0.1, 0.15) is 51.6 Å². The first kappa shape index (κ1) is 12.1. The Morgan fingerprint density at radius 3 is 2.65 bits per heavy atom. The van der Waals surface area contributed by atoms with E-state index < -0.39 is 6.10 Å². The quantitative estimate of drug-likeness (QED) is 0.864. The van der Waals surface area contributed by atoms with Crippen molar-refractivity contribution >= 4 is 5.65 Å². The molecule has 2 aromatic rings. The first-order valence-corrected chi connectivity index (χ1v) is 6.10. The van der Waals surface area contributed by atoms with Crippen molar-refractivity contribution in [1.82, 2.24) is 9.38 Å². The zero-order valence-electron chi connectivity index (χ0n) is 10.9. The number of hydrogen-bond donors (Lipinski definition) is 1. The number of nitrogens with zero attached hydrogens (tertiary/aromatic N) is 2. The largest absolute Gasteiger partial charge is 0.387 e. The molecule has 92 valence electrons. The van der Waals surface area contributed by atoms with E-state index in [-0.39, 0.29) is 5.41 Å². The first-order valence-electron chi connectivity index (χ1n) is 6.10. The van der Waals surface area contributed by atoms with E-state index in [0.29, 0.717) is 6.42 Å². The van der Waals surface area contributed by atoms with Gasteiger partial charge in [-0.2, -0.15) is 0 Å². The lowest BCUT2D eigenvalue weighted by atomic mass is 9.89. The van der Waals surface area contributed by atoms with Gasteiger partial charge >= 0.3 is 0 Å². The van der Waals surface area contributed by atoms with Crippen LogP contribution in [0, 0.1) is 0 Å². The van der Waals surface area contributed by atoms with Gasteiger partial charge in [-0.05, 0) is 18.6 Å². The van der Waals surface area contributed by atoms with Gasteiger partial charge in [0.15, 0.2) is 0 Å². The Morgan fingerprint density at radius 1 is 1.35 bits per heavy atom. The standard InChI is InChI=1S/C14H20N2O/c1-5-10(17)12-13(14(2,3)4)15-11-8-6-7-9-16(11)12/h6-10,17H,5H2,1-4H3. The minimum atomic E-state index is -0.457. The highest BCUT2D eigenvalue weighted by Crippen LogP contribution is 2.31. The topological polar surface area (TPSA) is 37.5 Å². The molecule has 0 aliphatic rings. The van der Waals surface area contributed by atoms with Gasteiger partial charge in [-0.15, -0.1) is 0 Å². The van der Waals surface area contributed by atoms with Crippen molar-refractivity contribution in [3.63, 3.8) is 0 Å². The number of fused-ring (bicyclic) bond motifs is 1. The molecule has 1 atom stereocenters. The highest BCUT2D eigenvalue weighted by Gasteiger charge is 2.26. The molecule has 17 heavy (non-hydrogen) atoms. The van der Waals surface area contributed by atoms with Gasteiger partial charge in [0.2, 0.25) is 0 Å². The number of hydrogen-bond acceptors (Lipinski definition) is 2. The van der Waals surface area contributed by atoms with Crippen molar-refractivity contribution in [2.75, 3.05) is 0 Å². The van der Waals surface area contributed by atoms with Gasteiger partial charge < -0.3 is 9.51 Å². The average Bonchev–Trinajstić information content (AvgIpc) is 2.67. The van der Waals surface area contributed by atoms with Crippen molar-refractivity contribution in [3.05, 3.63) is 35.8 Å². The molecule has 0 radical (unpaired) electrons. The summed E-state index contributed by atoms with van der Waals surface area (Å²) in [5.74, 6) is 0. The van der Waals surface area contributed by atoms with E-state index in [2.05, 4.69) is 25.8 Å². The van der Waals surface area contributed by atoms with Crippen LogP contribution in [0.25, 0.3) is 5.65 Å². The Morgan fingerprint density at radius 2 is 2.06 bits per heavy atom. The molecular weight excluding hydrogens is 212 g/mol. The molecule has 0 bridgehead atoms. The third-order valence-corrected chi connectivity index (χ3v) is 2.98. The van der Waals surface area contributed by atoms with Crippen molar-refractivity contribution in [1.29, 1.82) is 0 Å². The fourth-order valence-corrected chi connectivity index (χ4v) is 2.08. The molecule has 0 aliphatic carbocycles. The Hall–Kier alpha value is -1.35. The van der Waals surface area contributed by atoms with Crippen LogP contribution in [0.2, 0.25) is 0 Å². The molecule has 0 aromatic carbocycles. The molecule has 2 heterocycles. The highest BCUT2D eigenvalue weighted by atomic mass is 16.3. The molecule has 0 amide bonds. The summed E-state index contributed by atoms with van der Waals surface area (Å²) in [5.41, 5.74) is 2.76. The van der Waals surface area contributed by atoms with Crippen molar-refractivity contribution in [2.24, 2.45) is 0 Å². The Kier molecular flexibility index (Phi) is 2.96. The van der Waals surface area contributed by atoms with Crippen molar-refractivity contribution in [3.8, 4) is 0 Å². The summed E-state index contributed by atoms with van der Waals surface area (Å²) < 4.78 is 1.99. The van der Waals surface area contributed by atoms with E-state index in [1.165, 1.54) is 0 Å². The first-order chi connectivity index (χ1) is 7.95. The monoisotopic (exact) mass is 232 g/mol. The van der Waals surface area contributed by atoms with Gasteiger partial charge in [-0.1, -0.05) is 33.8 Å². The molecule has 1 unspecified atom stereocenters. The molecule has 0 aliphatic heterocycles. The molecule has 0 fully saturated rings. The second-order valence-electron chi connectivity index (χ2n) is 5.45. The molecule has 0 saturated carbocycles. The number of imidazole rings is 1. The summed E-state index contributed by atoms with van der Waals surface area (Å²) in [6.45, 7) is 8.36. The number of rotatable bonds is 2. The summed E-state index contributed by atoms with van der Waals surface area (Å²) >= 11 is 0. The average molecular weight is 232 g/mol. The molecule has 1 N–H and O–H groups in total. The molecule has 3 nitrogen and oxygen atoms in total. The molecule has 2 aromatic heterocycles. The Labute approximate surface area is 102 Å². The van der Waals surface area contributed by atoms with Gasteiger partial charge in [0, 0.05) is 11.6 Å². The lowest BCUT2D eigenvalue weighted by Crippen LogP contribution is -2.16. The zero-order chi connectivity index (χ0) is 12.6. The van der Waals surface area contributed by atoms with E-state index >= 15 is 0 Å². The van der Waals surface area contributed by atoms with Gasteiger partial charge in [-0.3, -0.25) is 0 Å². The predicted molar refractivity (Wildman–Crippen MR) is 69.1 cm³/mol. The summed E-state index contributed by atoms with van der Waals surface area (Å²) in [5, 5.41) is 10.2. The summed E-state index contributed by atoms with van der Waals surface area (Å²) in [4.78, 5) is 4.66. The normalized spacial score (nSPS) is 14.2. The number of aromatic nitrogens is 2. The van der Waals surface area contributed by atoms with Gasteiger partial charge in [0.05, 0.1) is 17.5 Å². The van der Waals surface area contributed by atoms with Crippen LogP contribution >= 0.6 is 0 Å². The molecular formula is C14H20N2O. The molecule has 2 rings (SSSR count). The minimum absolute atomic E-state index is 0.0580. The summed E-state index contributed by atoms with van der Waals surface area (Å²) in [6.07, 6.45) is 2.21. The maximum atomic E-state index is 10.2. The van der Waals surface area contributed by atoms with E-state index in [1.807, 2.05) is 35.7 Å². The smallest absolute Gasteiger partial charge is 0.137 e. The molecule has 3 heteroatoms. The summed E-state index contributed by atoms with van der Waals surface area (Å²) in [6, 6.07) is 5.91. The van der Waals surface area contributed by atoms with Crippen LogP contribution in [0.5, 0.6) is 0 Å². The summed E-state index contributed by atoms with van der Waals surface area (Å²) in [7, 11) is 0. The van der Waals surface area contributed by atoms with Gasteiger partial charge in [-0.25, -0.2) is 4.98 Å². The van der Waals surface area contributed by atoms with Crippen LogP contribution in [-0.2, 0) is 5.41 Å². The lowest BCUT2D eigenvalue weighted by Gasteiger charge is -2.20. The Balaban J connectivity index is 2.74. The number of aliphatic hydroxyl groups is 1. The lowest BCUT2D eigenvalue weighted by molar-refractivity contribution is 0.165. The van der Waals surface area contributed by atoms with Crippen molar-refractivity contribution < 1.29 is 5.11 Å². The second kappa shape index (κ2) is 4.15. The third-order valence-electron chi connectivity index (χ3n) is 2.98. The van der Waals surface area contributed by atoms with Gasteiger partial charge in [0.25, 0.3) is 0 Å². The van der Waals surface area contributed by atoms with Crippen LogP contribution in [0.3, 0.4) is 0 Å². The minimum Gasteiger partial charge on any atom is -0.387 e. The van der Waals surface area contributed by atoms with E-state index in [1.54, 1.807) is 0 Å². The third kappa shape index (κ3) is 2.07. The van der Waals surface area contributed by atoms with Crippen molar-refractivity contribution in [2.45, 2.75) is 45.6 Å². The Bertz CT molecular complexity index is 522. The van der Waals surface area contributed by atoms with Crippen LogP contribution in [0.4, 0.5) is 0 Å². The maximum Gasteiger partial charge on any atom is 0.137 e. The molecule has 0 saturated heterocycles. The fraction of sp³-hybridized carbons (Fsp3) is 0.500. The van der Waals surface area contributed by atoms with Crippen LogP contribution in [0.15, 0.2) is 24.4 Å². The SMILES string of the molecule is CCC(O)c1c(C(C)(C)C)nc2ccccn12. The fourth-order valence-electron chi connectivity index (χ4n) is 2.08. The maximum absolute atomic E-state index is 10.2. The second-order valence-corrected chi connectivity index (χ2v) is 5.45.